The van der Waals surface area contributed by atoms with E-state index in [4.69, 9.17) is 9.84 Å². The van der Waals surface area contributed by atoms with Crippen LogP contribution in [0.15, 0.2) is 24.3 Å². The molecule has 1 aromatic rings. The summed E-state index contributed by atoms with van der Waals surface area (Å²) in [5.74, 6) is -1.40. The fourth-order valence-electron chi connectivity index (χ4n) is 3.16. The van der Waals surface area contributed by atoms with Crippen LogP contribution in [0.2, 0.25) is 0 Å². The molecule has 2 N–H and O–H groups in total. The minimum Gasteiger partial charge on any atom is -0.492 e. The van der Waals surface area contributed by atoms with E-state index in [1.165, 1.54) is 0 Å². The van der Waals surface area contributed by atoms with Crippen LogP contribution >= 0.6 is 0 Å². The first-order valence-electron chi connectivity index (χ1n) is 9.24. The Morgan fingerprint density at radius 2 is 2.04 bits per heavy atom. The molecule has 1 aliphatic heterocycles. The fraction of sp³-hybridized carbons (Fsp3) is 0.550. The van der Waals surface area contributed by atoms with E-state index >= 15 is 0 Å². The number of carboxylic acid groups (broad SMARTS) is 1. The Balaban J connectivity index is 2.15. The van der Waals surface area contributed by atoms with Gasteiger partial charge >= 0.3 is 5.97 Å². The molecule has 1 aliphatic rings. The van der Waals surface area contributed by atoms with Crippen LogP contribution in [-0.2, 0) is 14.4 Å². The second-order valence-corrected chi connectivity index (χ2v) is 7.44. The van der Waals surface area contributed by atoms with Crippen molar-refractivity contribution < 1.29 is 24.2 Å². The monoisotopic (exact) mass is 376 g/mol. The maximum absolute atomic E-state index is 12.8. The number of hydrogen-bond acceptors (Lipinski definition) is 4. The van der Waals surface area contributed by atoms with Gasteiger partial charge in [0.25, 0.3) is 0 Å². The Labute approximate surface area is 159 Å². The molecule has 2 amide bonds. The second kappa shape index (κ2) is 8.41. The minimum absolute atomic E-state index is 0.0653. The van der Waals surface area contributed by atoms with Gasteiger partial charge in [-0.3, -0.25) is 14.4 Å². The van der Waals surface area contributed by atoms with Crippen LogP contribution in [0.25, 0.3) is 0 Å². The Morgan fingerprint density at radius 3 is 2.63 bits per heavy atom. The largest absolute Gasteiger partial charge is 0.492 e. The number of nitrogens with zero attached hydrogens (tertiary/aromatic N) is 1. The normalized spacial score (nSPS) is 19.1. The molecule has 0 spiro atoms. The number of benzene rings is 1. The number of para-hydroxylation sites is 2. The second-order valence-electron chi connectivity index (χ2n) is 7.44. The van der Waals surface area contributed by atoms with Crippen LogP contribution in [0.4, 0.5) is 5.69 Å². The van der Waals surface area contributed by atoms with Gasteiger partial charge in [0, 0.05) is 18.5 Å². The van der Waals surface area contributed by atoms with Gasteiger partial charge in [0.05, 0.1) is 24.6 Å². The quantitative estimate of drug-likeness (QED) is 0.726. The van der Waals surface area contributed by atoms with Crippen molar-refractivity contribution in [1.29, 1.82) is 0 Å². The highest BCUT2D eigenvalue weighted by molar-refractivity contribution is 6.01. The number of hydrogen-bond donors (Lipinski definition) is 2. The van der Waals surface area contributed by atoms with Crippen LogP contribution in [0.3, 0.4) is 0 Å². The van der Waals surface area contributed by atoms with Crippen LogP contribution < -0.4 is 15.0 Å². The van der Waals surface area contributed by atoms with Gasteiger partial charge in [0.15, 0.2) is 0 Å². The average molecular weight is 376 g/mol. The molecule has 2 atom stereocenters. The van der Waals surface area contributed by atoms with Gasteiger partial charge in [0.1, 0.15) is 5.75 Å². The zero-order valence-electron chi connectivity index (χ0n) is 16.3. The lowest BCUT2D eigenvalue weighted by molar-refractivity contribution is -0.140. The lowest BCUT2D eigenvalue weighted by atomic mass is 9.84. The van der Waals surface area contributed by atoms with Gasteiger partial charge in [-0.25, -0.2) is 0 Å². The molecule has 2 rings (SSSR count). The van der Waals surface area contributed by atoms with Crippen LogP contribution in [0, 0.1) is 11.8 Å². The molecule has 1 fully saturated rings. The van der Waals surface area contributed by atoms with E-state index in [0.29, 0.717) is 18.0 Å². The molecule has 0 bridgehead atoms. The van der Waals surface area contributed by atoms with E-state index in [1.807, 2.05) is 32.9 Å². The molecule has 7 heteroatoms. The highest BCUT2D eigenvalue weighted by Gasteiger charge is 2.40. The number of nitrogens with one attached hydrogen (secondary N) is 1. The Kier molecular flexibility index (Phi) is 6.46. The van der Waals surface area contributed by atoms with Crippen LogP contribution in [0.5, 0.6) is 5.75 Å². The first-order chi connectivity index (χ1) is 12.7. The number of rotatable bonds is 8. The van der Waals surface area contributed by atoms with E-state index in [0.717, 1.165) is 0 Å². The standard InChI is InChI=1S/C20H28N2O5/c1-5-27-16-9-7-6-8-15(16)22-12-14(10-17(22)23)19(26)21-20(4,13(2)3)11-18(24)25/h6-9,13-14H,5,10-12H2,1-4H3,(H,21,26)(H,24,25). The molecule has 0 radical (unpaired) electrons. The van der Waals surface area contributed by atoms with Gasteiger partial charge < -0.3 is 20.1 Å². The van der Waals surface area contributed by atoms with Crippen molar-refractivity contribution in [1.82, 2.24) is 5.32 Å². The number of amides is 2. The summed E-state index contributed by atoms with van der Waals surface area (Å²) < 4.78 is 5.59. The molecular weight excluding hydrogens is 348 g/mol. The van der Waals surface area contributed by atoms with Crippen molar-refractivity contribution in [2.75, 3.05) is 18.1 Å². The SMILES string of the molecule is CCOc1ccccc1N1CC(C(=O)NC(C)(CC(=O)O)C(C)C)CC1=O. The molecule has 0 aliphatic carbocycles. The van der Waals surface area contributed by atoms with Gasteiger partial charge in [-0.2, -0.15) is 0 Å². The van der Waals surface area contributed by atoms with Crippen molar-refractivity contribution >= 4 is 23.5 Å². The third-order valence-corrected chi connectivity index (χ3v) is 5.15. The summed E-state index contributed by atoms with van der Waals surface area (Å²) >= 11 is 0. The summed E-state index contributed by atoms with van der Waals surface area (Å²) in [4.78, 5) is 38.0. The number of aliphatic carboxylic acids is 1. The maximum atomic E-state index is 12.8. The lowest BCUT2D eigenvalue weighted by Crippen LogP contribution is -2.53. The third-order valence-electron chi connectivity index (χ3n) is 5.15. The molecule has 27 heavy (non-hydrogen) atoms. The van der Waals surface area contributed by atoms with E-state index < -0.39 is 17.4 Å². The molecule has 7 nitrogen and oxygen atoms in total. The molecule has 1 saturated heterocycles. The Morgan fingerprint density at radius 1 is 1.37 bits per heavy atom. The van der Waals surface area contributed by atoms with Crippen molar-refractivity contribution in [3.05, 3.63) is 24.3 Å². The Bertz CT molecular complexity index is 718. The smallest absolute Gasteiger partial charge is 0.305 e. The van der Waals surface area contributed by atoms with Crippen molar-refractivity contribution in [3.63, 3.8) is 0 Å². The summed E-state index contributed by atoms with van der Waals surface area (Å²) in [5, 5.41) is 12.0. The maximum Gasteiger partial charge on any atom is 0.305 e. The molecule has 2 unspecified atom stereocenters. The zero-order chi connectivity index (χ0) is 20.2. The van der Waals surface area contributed by atoms with E-state index in [2.05, 4.69) is 5.32 Å². The number of carbonyl (C=O) groups is 3. The predicted molar refractivity (Wildman–Crippen MR) is 102 cm³/mol. The van der Waals surface area contributed by atoms with Crippen molar-refractivity contribution in [3.8, 4) is 5.75 Å². The third kappa shape index (κ3) is 4.78. The van der Waals surface area contributed by atoms with Gasteiger partial charge in [-0.1, -0.05) is 26.0 Å². The summed E-state index contributed by atoms with van der Waals surface area (Å²) in [6.07, 6.45) is -0.0818. The van der Waals surface area contributed by atoms with Gasteiger partial charge in [-0.05, 0) is 31.9 Å². The summed E-state index contributed by atoms with van der Waals surface area (Å²) in [6, 6.07) is 7.24. The number of carbonyl (C=O) groups excluding carboxylic acids is 2. The van der Waals surface area contributed by atoms with E-state index in [1.54, 1.807) is 24.0 Å². The first kappa shape index (κ1) is 20.7. The van der Waals surface area contributed by atoms with Gasteiger partial charge in [0.2, 0.25) is 11.8 Å². The highest BCUT2D eigenvalue weighted by Crippen LogP contribution is 2.33. The topological polar surface area (TPSA) is 95.9 Å². The summed E-state index contributed by atoms with van der Waals surface area (Å²) in [7, 11) is 0. The number of carboxylic acids is 1. The van der Waals surface area contributed by atoms with Crippen molar-refractivity contribution in [2.45, 2.75) is 46.1 Å². The van der Waals surface area contributed by atoms with Gasteiger partial charge in [-0.15, -0.1) is 0 Å². The molecule has 0 aromatic heterocycles. The summed E-state index contributed by atoms with van der Waals surface area (Å²) in [6.45, 7) is 8.05. The van der Waals surface area contributed by atoms with Crippen LogP contribution in [0.1, 0.15) is 40.5 Å². The average Bonchev–Trinajstić information content (AvgIpc) is 2.96. The lowest BCUT2D eigenvalue weighted by Gasteiger charge is -2.34. The molecular formula is C20H28N2O5. The highest BCUT2D eigenvalue weighted by atomic mass is 16.5. The van der Waals surface area contributed by atoms with E-state index in [-0.39, 0.29) is 37.1 Å². The molecule has 0 saturated carbocycles. The van der Waals surface area contributed by atoms with Crippen molar-refractivity contribution in [2.24, 2.45) is 11.8 Å². The summed E-state index contributed by atoms with van der Waals surface area (Å²) in [5.41, 5.74) is -0.223. The van der Waals surface area contributed by atoms with Crippen LogP contribution in [-0.4, -0.2) is 41.6 Å². The fourth-order valence-corrected chi connectivity index (χ4v) is 3.16. The predicted octanol–water partition coefficient (Wildman–Crippen LogP) is 2.44. The molecule has 1 heterocycles. The molecule has 148 valence electrons. The minimum atomic E-state index is -0.971. The molecule has 1 aromatic carbocycles. The Hall–Kier alpha value is -2.57. The first-order valence-corrected chi connectivity index (χ1v) is 9.24. The number of ether oxygens (including phenoxy) is 1. The van der Waals surface area contributed by atoms with E-state index in [9.17, 15) is 14.4 Å². The number of anilines is 1. The zero-order valence-corrected chi connectivity index (χ0v) is 16.3.